The molecule has 13 heavy (non-hydrogen) atoms. The van der Waals surface area contributed by atoms with Gasteiger partial charge in [0.05, 0.1) is 0 Å². The zero-order valence-electron chi connectivity index (χ0n) is 6.85. The quantitative estimate of drug-likeness (QED) is 0.731. The van der Waals surface area contributed by atoms with Crippen molar-refractivity contribution >= 4 is 11.6 Å². The van der Waals surface area contributed by atoms with E-state index in [0.717, 1.165) is 12.8 Å². The molecule has 1 aromatic carbocycles. The van der Waals surface area contributed by atoms with Crippen LogP contribution in [0.2, 0.25) is 5.02 Å². The Kier molecular flexibility index (Phi) is 1.75. The minimum atomic E-state index is -0.617. The summed E-state index contributed by atoms with van der Waals surface area (Å²) in [4.78, 5) is 0. The fraction of sp³-hybridized carbons (Fsp3) is 0.333. The van der Waals surface area contributed by atoms with Crippen LogP contribution in [-0.2, 0) is 5.54 Å². The molecule has 70 valence electrons. The lowest BCUT2D eigenvalue weighted by Gasteiger charge is -2.10. The molecule has 0 bridgehead atoms. The molecule has 0 atom stereocenters. The number of halogens is 2. The van der Waals surface area contributed by atoms with Crippen LogP contribution in [0.15, 0.2) is 12.1 Å². The summed E-state index contributed by atoms with van der Waals surface area (Å²) >= 11 is 5.45. The van der Waals surface area contributed by atoms with Crippen molar-refractivity contribution in [1.29, 1.82) is 0 Å². The van der Waals surface area contributed by atoms with E-state index >= 15 is 0 Å². The fourth-order valence-electron chi connectivity index (χ4n) is 1.29. The molecule has 1 aliphatic rings. The van der Waals surface area contributed by atoms with Gasteiger partial charge in [-0.05, 0) is 30.5 Å². The third-order valence-electron chi connectivity index (χ3n) is 2.37. The predicted molar refractivity (Wildman–Crippen MR) is 48.2 cm³/mol. The minimum Gasteiger partial charge on any atom is -0.506 e. The van der Waals surface area contributed by atoms with Crippen LogP contribution >= 0.6 is 11.6 Å². The Morgan fingerprint density at radius 3 is 2.54 bits per heavy atom. The summed E-state index contributed by atoms with van der Waals surface area (Å²) in [6.07, 6.45) is 1.65. The van der Waals surface area contributed by atoms with E-state index in [4.69, 9.17) is 17.3 Å². The molecular formula is C9H9ClFNO. The average Bonchev–Trinajstić information content (AvgIpc) is 2.80. The van der Waals surface area contributed by atoms with Gasteiger partial charge in [-0.15, -0.1) is 0 Å². The van der Waals surface area contributed by atoms with Gasteiger partial charge in [-0.25, -0.2) is 4.39 Å². The summed E-state index contributed by atoms with van der Waals surface area (Å²) in [5.41, 5.74) is 6.01. The highest BCUT2D eigenvalue weighted by Gasteiger charge is 2.40. The standard InChI is InChI=1S/C9H9ClFNO/c10-8-6(11)3-5(4-7(8)13)9(12)1-2-9/h3-4,13H,1-2,12H2. The monoisotopic (exact) mass is 201 g/mol. The Morgan fingerprint density at radius 1 is 1.46 bits per heavy atom. The number of rotatable bonds is 1. The second-order valence-corrected chi connectivity index (χ2v) is 3.83. The minimum absolute atomic E-state index is 0.242. The molecule has 0 spiro atoms. The maximum absolute atomic E-state index is 13.1. The Balaban J connectivity index is 2.50. The van der Waals surface area contributed by atoms with Crippen molar-refractivity contribution in [1.82, 2.24) is 0 Å². The first-order valence-corrected chi connectivity index (χ1v) is 4.38. The summed E-state index contributed by atoms with van der Waals surface area (Å²) in [5, 5.41) is 9.00. The van der Waals surface area contributed by atoms with E-state index in [1.807, 2.05) is 0 Å². The lowest BCUT2D eigenvalue weighted by molar-refractivity contribution is 0.467. The molecule has 1 fully saturated rings. The summed E-state index contributed by atoms with van der Waals surface area (Å²) < 4.78 is 13.1. The molecule has 0 saturated heterocycles. The van der Waals surface area contributed by atoms with Crippen molar-refractivity contribution in [2.75, 3.05) is 0 Å². The number of hydrogen-bond acceptors (Lipinski definition) is 2. The van der Waals surface area contributed by atoms with Crippen LogP contribution in [0.5, 0.6) is 5.75 Å². The first kappa shape index (κ1) is 8.78. The third kappa shape index (κ3) is 1.38. The predicted octanol–water partition coefficient (Wildman–Crippen LogP) is 2.13. The molecule has 0 unspecified atom stereocenters. The van der Waals surface area contributed by atoms with Crippen molar-refractivity contribution in [3.63, 3.8) is 0 Å². The van der Waals surface area contributed by atoms with Crippen LogP contribution < -0.4 is 5.73 Å². The number of benzene rings is 1. The van der Waals surface area contributed by atoms with Gasteiger partial charge in [-0.3, -0.25) is 0 Å². The van der Waals surface area contributed by atoms with Crippen molar-refractivity contribution in [3.05, 3.63) is 28.5 Å². The van der Waals surface area contributed by atoms with Crippen molar-refractivity contribution in [3.8, 4) is 5.75 Å². The second kappa shape index (κ2) is 2.59. The molecule has 0 heterocycles. The zero-order valence-corrected chi connectivity index (χ0v) is 7.61. The second-order valence-electron chi connectivity index (χ2n) is 3.45. The van der Waals surface area contributed by atoms with Crippen LogP contribution in [-0.4, -0.2) is 5.11 Å². The molecule has 1 aliphatic carbocycles. The van der Waals surface area contributed by atoms with Crippen LogP contribution in [0.3, 0.4) is 0 Å². The molecule has 0 amide bonds. The molecule has 1 aromatic rings. The molecule has 0 radical (unpaired) electrons. The number of phenolic OH excluding ortho intramolecular Hbond substituents is 1. The first-order valence-electron chi connectivity index (χ1n) is 4.00. The van der Waals surface area contributed by atoms with Crippen LogP contribution in [0, 0.1) is 5.82 Å². The smallest absolute Gasteiger partial charge is 0.145 e. The fourth-order valence-corrected chi connectivity index (χ4v) is 1.39. The van der Waals surface area contributed by atoms with Crippen molar-refractivity contribution in [2.45, 2.75) is 18.4 Å². The maximum Gasteiger partial charge on any atom is 0.145 e. The van der Waals surface area contributed by atoms with Gasteiger partial charge in [0.15, 0.2) is 0 Å². The van der Waals surface area contributed by atoms with E-state index < -0.39 is 11.4 Å². The lowest BCUT2D eigenvalue weighted by atomic mass is 10.1. The molecule has 3 N–H and O–H groups in total. The molecule has 2 nitrogen and oxygen atoms in total. The summed E-state index contributed by atoms with van der Waals surface area (Å²) in [5.74, 6) is -0.859. The Labute approximate surface area is 80.1 Å². The van der Waals surface area contributed by atoms with E-state index in [1.54, 1.807) is 0 Å². The molecule has 0 aromatic heterocycles. The highest BCUT2D eigenvalue weighted by molar-refractivity contribution is 6.32. The SMILES string of the molecule is NC1(c2cc(O)c(Cl)c(F)c2)CC1. The van der Waals surface area contributed by atoms with E-state index in [1.165, 1.54) is 12.1 Å². The molecule has 2 rings (SSSR count). The normalized spacial score (nSPS) is 18.7. The summed E-state index contributed by atoms with van der Waals surface area (Å²) in [6.45, 7) is 0. The van der Waals surface area contributed by atoms with Gasteiger partial charge < -0.3 is 10.8 Å². The molecule has 1 saturated carbocycles. The van der Waals surface area contributed by atoms with Gasteiger partial charge in [-0.1, -0.05) is 11.6 Å². The highest BCUT2D eigenvalue weighted by Crippen LogP contribution is 2.44. The molecular weight excluding hydrogens is 193 g/mol. The summed E-state index contributed by atoms with van der Waals surface area (Å²) in [7, 11) is 0. The van der Waals surface area contributed by atoms with Crippen molar-refractivity contribution < 1.29 is 9.50 Å². The third-order valence-corrected chi connectivity index (χ3v) is 2.75. The van der Waals surface area contributed by atoms with Gasteiger partial charge in [0.2, 0.25) is 0 Å². The van der Waals surface area contributed by atoms with Crippen LogP contribution in [0.4, 0.5) is 4.39 Å². The number of aromatic hydroxyl groups is 1. The van der Waals surface area contributed by atoms with E-state index in [0.29, 0.717) is 5.56 Å². The van der Waals surface area contributed by atoms with Gasteiger partial charge in [0.25, 0.3) is 0 Å². The number of phenols is 1. The van der Waals surface area contributed by atoms with E-state index in [2.05, 4.69) is 0 Å². The number of nitrogens with two attached hydrogens (primary N) is 1. The lowest BCUT2D eigenvalue weighted by Crippen LogP contribution is -2.18. The Morgan fingerprint density at radius 2 is 2.08 bits per heavy atom. The van der Waals surface area contributed by atoms with Gasteiger partial charge in [0, 0.05) is 5.54 Å². The van der Waals surface area contributed by atoms with E-state index in [9.17, 15) is 9.50 Å². The van der Waals surface area contributed by atoms with Gasteiger partial charge in [-0.2, -0.15) is 0 Å². The first-order chi connectivity index (χ1) is 6.03. The van der Waals surface area contributed by atoms with Gasteiger partial charge in [0.1, 0.15) is 16.6 Å². The zero-order chi connectivity index (χ0) is 9.64. The molecule has 4 heteroatoms. The Hall–Kier alpha value is -0.800. The largest absolute Gasteiger partial charge is 0.506 e. The van der Waals surface area contributed by atoms with Crippen molar-refractivity contribution in [2.24, 2.45) is 5.73 Å². The Bertz CT molecular complexity index is 340. The number of hydrogen-bond donors (Lipinski definition) is 2. The van der Waals surface area contributed by atoms with Gasteiger partial charge >= 0.3 is 0 Å². The maximum atomic E-state index is 13.1. The topological polar surface area (TPSA) is 46.2 Å². The molecule has 0 aliphatic heterocycles. The van der Waals surface area contributed by atoms with E-state index in [-0.39, 0.29) is 10.8 Å². The highest BCUT2D eigenvalue weighted by atomic mass is 35.5. The average molecular weight is 202 g/mol. The van der Waals surface area contributed by atoms with Crippen LogP contribution in [0.1, 0.15) is 18.4 Å². The summed E-state index contributed by atoms with van der Waals surface area (Å²) in [6, 6.07) is 2.72. The van der Waals surface area contributed by atoms with Crippen LogP contribution in [0.25, 0.3) is 0 Å².